The van der Waals surface area contributed by atoms with Crippen LogP contribution >= 0.6 is 0 Å². The Morgan fingerprint density at radius 2 is 2.06 bits per heavy atom. The van der Waals surface area contributed by atoms with Gasteiger partial charge in [0.15, 0.2) is 5.78 Å². The highest BCUT2D eigenvalue weighted by atomic mass is 16.1. The average Bonchev–Trinajstić information content (AvgIpc) is 2.29. The zero-order chi connectivity index (χ0) is 12.1. The van der Waals surface area contributed by atoms with Gasteiger partial charge in [-0.05, 0) is 38.3 Å². The molecule has 0 radical (unpaired) electrons. The number of hydrogen-bond acceptors (Lipinski definition) is 2. The molecule has 0 saturated heterocycles. The first kappa shape index (κ1) is 12.9. The summed E-state index contributed by atoms with van der Waals surface area (Å²) >= 11 is 0. The highest BCUT2D eigenvalue weighted by Gasteiger charge is 2.10. The van der Waals surface area contributed by atoms with Gasteiger partial charge in [0.2, 0.25) is 0 Å². The Bertz CT molecular complexity index is 371. The molecule has 1 atom stereocenters. The molecule has 2 heteroatoms. The average molecular weight is 219 g/mol. The molecule has 0 fully saturated rings. The number of nitrogens with one attached hydrogen (secondary N) is 1. The summed E-state index contributed by atoms with van der Waals surface area (Å²) in [6, 6.07) is 6.28. The maximum absolute atomic E-state index is 12.0. The predicted octanol–water partition coefficient (Wildman–Crippen LogP) is 2.87. The lowest BCUT2D eigenvalue weighted by Gasteiger charge is -2.12. The van der Waals surface area contributed by atoms with Crippen molar-refractivity contribution in [3.05, 3.63) is 34.9 Å². The highest BCUT2D eigenvalue weighted by Crippen LogP contribution is 2.12. The molecule has 0 bridgehead atoms. The maximum atomic E-state index is 12.0. The van der Waals surface area contributed by atoms with E-state index in [4.69, 9.17) is 0 Å². The van der Waals surface area contributed by atoms with Gasteiger partial charge in [-0.15, -0.1) is 0 Å². The predicted molar refractivity (Wildman–Crippen MR) is 68.0 cm³/mol. The molecule has 0 aliphatic heterocycles. The summed E-state index contributed by atoms with van der Waals surface area (Å²) in [7, 11) is 0. The minimum absolute atomic E-state index is 0.182. The number of carbonyl (C=O) groups is 1. The molecule has 88 valence electrons. The molecule has 1 rings (SSSR count). The summed E-state index contributed by atoms with van der Waals surface area (Å²) in [6.07, 6.45) is 1.04. The molecule has 1 N–H and O–H groups in total. The van der Waals surface area contributed by atoms with E-state index < -0.39 is 0 Å². The van der Waals surface area contributed by atoms with Gasteiger partial charge in [-0.25, -0.2) is 0 Å². The lowest BCUT2D eigenvalue weighted by atomic mass is 10.00. The molecule has 2 nitrogen and oxygen atoms in total. The van der Waals surface area contributed by atoms with Crippen molar-refractivity contribution in [3.8, 4) is 0 Å². The van der Waals surface area contributed by atoms with Crippen molar-refractivity contribution >= 4 is 5.78 Å². The summed E-state index contributed by atoms with van der Waals surface area (Å²) in [4.78, 5) is 12.0. The van der Waals surface area contributed by atoms with Crippen LogP contribution in [0, 0.1) is 13.8 Å². The molecule has 0 saturated carbocycles. The molecule has 16 heavy (non-hydrogen) atoms. The molecule has 1 aromatic carbocycles. The van der Waals surface area contributed by atoms with Crippen LogP contribution in [0.2, 0.25) is 0 Å². The van der Waals surface area contributed by atoms with Gasteiger partial charge in [0.25, 0.3) is 0 Å². The van der Waals surface area contributed by atoms with Gasteiger partial charge in [0.1, 0.15) is 0 Å². The van der Waals surface area contributed by atoms with E-state index in [0.29, 0.717) is 12.6 Å². The van der Waals surface area contributed by atoms with Crippen molar-refractivity contribution in [1.29, 1.82) is 0 Å². The van der Waals surface area contributed by atoms with E-state index in [1.54, 1.807) is 0 Å². The number of rotatable bonds is 5. The third-order valence-corrected chi connectivity index (χ3v) is 3.13. The van der Waals surface area contributed by atoms with Crippen molar-refractivity contribution in [1.82, 2.24) is 5.32 Å². The van der Waals surface area contributed by atoms with Crippen LogP contribution in [0.15, 0.2) is 18.2 Å². The van der Waals surface area contributed by atoms with Crippen LogP contribution in [0.1, 0.15) is 41.8 Å². The van der Waals surface area contributed by atoms with Gasteiger partial charge in [0, 0.05) is 11.6 Å². The lowest BCUT2D eigenvalue weighted by Crippen LogP contribution is -2.31. The molecule has 0 aliphatic carbocycles. The number of aryl methyl sites for hydroxylation is 1. The molecule has 1 unspecified atom stereocenters. The zero-order valence-corrected chi connectivity index (χ0v) is 10.6. The number of hydrogen-bond donors (Lipinski definition) is 1. The minimum Gasteiger partial charge on any atom is -0.307 e. The van der Waals surface area contributed by atoms with Gasteiger partial charge < -0.3 is 5.32 Å². The third-order valence-electron chi connectivity index (χ3n) is 3.13. The van der Waals surface area contributed by atoms with Crippen LogP contribution < -0.4 is 5.32 Å². The summed E-state index contributed by atoms with van der Waals surface area (Å²) in [5.74, 6) is 0.182. The van der Waals surface area contributed by atoms with Crippen LogP contribution in [0.3, 0.4) is 0 Å². The second-order valence-electron chi connectivity index (χ2n) is 4.36. The first-order chi connectivity index (χ1) is 7.56. The van der Waals surface area contributed by atoms with Crippen molar-refractivity contribution in [2.45, 2.75) is 40.2 Å². The number of carbonyl (C=O) groups excluding carboxylic acids is 1. The monoisotopic (exact) mass is 219 g/mol. The summed E-state index contributed by atoms with van der Waals surface area (Å²) < 4.78 is 0. The fourth-order valence-electron chi connectivity index (χ4n) is 1.56. The SMILES string of the molecule is CCC(C)NCC(=O)c1cccc(C)c1C. The molecule has 0 amide bonds. The topological polar surface area (TPSA) is 29.1 Å². The first-order valence-electron chi connectivity index (χ1n) is 5.89. The quantitative estimate of drug-likeness (QED) is 0.771. The maximum Gasteiger partial charge on any atom is 0.176 e. The van der Waals surface area contributed by atoms with Crippen molar-refractivity contribution in [2.75, 3.05) is 6.54 Å². The van der Waals surface area contributed by atoms with Crippen molar-refractivity contribution < 1.29 is 4.79 Å². The van der Waals surface area contributed by atoms with E-state index in [-0.39, 0.29) is 5.78 Å². The Balaban J connectivity index is 2.70. The lowest BCUT2D eigenvalue weighted by molar-refractivity contribution is 0.0987. The molecular formula is C14H21NO. The van der Waals surface area contributed by atoms with Gasteiger partial charge in [-0.2, -0.15) is 0 Å². The Labute approximate surface area is 98.1 Å². The number of Topliss-reactive ketones (excluding diaryl/α,β-unsaturated/α-hetero) is 1. The van der Waals surface area contributed by atoms with Crippen LogP contribution in [0.25, 0.3) is 0 Å². The van der Waals surface area contributed by atoms with Crippen LogP contribution in [0.5, 0.6) is 0 Å². The normalized spacial score (nSPS) is 12.5. The number of ketones is 1. The van der Waals surface area contributed by atoms with Crippen molar-refractivity contribution in [3.63, 3.8) is 0 Å². The van der Waals surface area contributed by atoms with E-state index in [0.717, 1.165) is 17.5 Å². The largest absolute Gasteiger partial charge is 0.307 e. The highest BCUT2D eigenvalue weighted by molar-refractivity contribution is 5.99. The Kier molecular flexibility index (Phi) is 4.69. The van der Waals surface area contributed by atoms with Gasteiger partial charge in [-0.1, -0.05) is 25.1 Å². The van der Waals surface area contributed by atoms with Gasteiger partial charge in [0.05, 0.1) is 6.54 Å². The van der Waals surface area contributed by atoms with E-state index in [1.165, 1.54) is 5.56 Å². The fraction of sp³-hybridized carbons (Fsp3) is 0.500. The molecular weight excluding hydrogens is 198 g/mol. The number of benzene rings is 1. The Morgan fingerprint density at radius 1 is 1.38 bits per heavy atom. The zero-order valence-electron chi connectivity index (χ0n) is 10.6. The summed E-state index contributed by atoms with van der Waals surface area (Å²) in [5.41, 5.74) is 3.11. The third kappa shape index (κ3) is 3.17. The molecule has 1 aromatic rings. The molecule has 0 spiro atoms. The summed E-state index contributed by atoms with van der Waals surface area (Å²) in [5, 5.41) is 3.23. The van der Waals surface area contributed by atoms with Gasteiger partial charge in [-0.3, -0.25) is 4.79 Å². The van der Waals surface area contributed by atoms with Crippen molar-refractivity contribution in [2.24, 2.45) is 0 Å². The van der Waals surface area contributed by atoms with E-state index in [1.807, 2.05) is 32.0 Å². The van der Waals surface area contributed by atoms with Gasteiger partial charge >= 0.3 is 0 Å². The minimum atomic E-state index is 0.182. The first-order valence-corrected chi connectivity index (χ1v) is 5.89. The van der Waals surface area contributed by atoms with E-state index in [9.17, 15) is 4.79 Å². The Hall–Kier alpha value is -1.15. The standard InChI is InChI=1S/C14H21NO/c1-5-11(3)15-9-14(16)13-8-6-7-10(2)12(13)4/h6-8,11,15H,5,9H2,1-4H3. The fourth-order valence-corrected chi connectivity index (χ4v) is 1.56. The van der Waals surface area contributed by atoms with Crippen LogP contribution in [-0.4, -0.2) is 18.4 Å². The molecule has 0 aromatic heterocycles. The smallest absolute Gasteiger partial charge is 0.176 e. The Morgan fingerprint density at radius 3 is 2.69 bits per heavy atom. The summed E-state index contributed by atoms with van der Waals surface area (Å²) in [6.45, 7) is 8.68. The molecule has 0 aliphatic rings. The van der Waals surface area contributed by atoms with Crippen LogP contribution in [-0.2, 0) is 0 Å². The van der Waals surface area contributed by atoms with E-state index >= 15 is 0 Å². The second-order valence-corrected chi connectivity index (χ2v) is 4.36. The van der Waals surface area contributed by atoms with E-state index in [2.05, 4.69) is 19.2 Å². The molecule has 0 heterocycles. The van der Waals surface area contributed by atoms with Crippen LogP contribution in [0.4, 0.5) is 0 Å². The second kappa shape index (κ2) is 5.80.